The zero-order valence-corrected chi connectivity index (χ0v) is 12.3. The van der Waals surface area contributed by atoms with Crippen molar-refractivity contribution in [3.8, 4) is 0 Å². The fourth-order valence-corrected chi connectivity index (χ4v) is 2.27. The number of carbonyl (C=O) groups is 1. The number of amides is 1. The Kier molecular flexibility index (Phi) is 5.50. The first kappa shape index (κ1) is 15.7. The van der Waals surface area contributed by atoms with Crippen LogP contribution in [0.25, 0.3) is 0 Å². The molecule has 0 saturated heterocycles. The summed E-state index contributed by atoms with van der Waals surface area (Å²) < 4.78 is 22.7. The minimum Gasteiger partial charge on any atom is -0.350 e. The van der Waals surface area contributed by atoms with Crippen LogP contribution >= 0.6 is 0 Å². The lowest BCUT2D eigenvalue weighted by molar-refractivity contribution is -0.121. The van der Waals surface area contributed by atoms with Crippen LogP contribution in [0.2, 0.25) is 0 Å². The lowest BCUT2D eigenvalue weighted by Gasteiger charge is -2.14. The van der Waals surface area contributed by atoms with Crippen LogP contribution in [0.4, 0.5) is 0 Å². The predicted octanol–water partition coefficient (Wildman–Crippen LogP) is 0.877. The summed E-state index contributed by atoms with van der Waals surface area (Å²) in [6.07, 6.45) is 1.59. The van der Waals surface area contributed by atoms with Gasteiger partial charge >= 0.3 is 0 Å². The minimum atomic E-state index is -3.18. The highest BCUT2D eigenvalue weighted by atomic mass is 32.2. The Labute approximate surface area is 114 Å². The highest BCUT2D eigenvalue weighted by Crippen LogP contribution is 2.16. The van der Waals surface area contributed by atoms with Crippen molar-refractivity contribution in [1.82, 2.24) is 10.6 Å². The van der Waals surface area contributed by atoms with Crippen LogP contribution in [0.15, 0.2) is 29.2 Å². The molecule has 1 aromatic rings. The van der Waals surface area contributed by atoms with E-state index in [1.807, 2.05) is 6.92 Å². The summed E-state index contributed by atoms with van der Waals surface area (Å²) in [6, 6.07) is 6.42. The van der Waals surface area contributed by atoms with Crippen LogP contribution in [0.3, 0.4) is 0 Å². The normalized spacial score (nSPS) is 13.0. The van der Waals surface area contributed by atoms with E-state index in [1.165, 1.54) is 6.26 Å². The Hall–Kier alpha value is -1.40. The summed E-state index contributed by atoms with van der Waals surface area (Å²) in [5.74, 6) is -0.0333. The predicted molar refractivity (Wildman–Crippen MR) is 74.7 cm³/mol. The van der Waals surface area contributed by atoms with Gasteiger partial charge in [-0.2, -0.15) is 0 Å². The number of hydrogen-bond donors (Lipinski definition) is 2. The molecule has 6 heteroatoms. The number of benzene rings is 1. The third kappa shape index (κ3) is 5.00. The molecular formula is C13H20N2O3S. The summed E-state index contributed by atoms with van der Waals surface area (Å²) in [5.41, 5.74) is 0.880. The SMILES string of the molecule is CNCCC(=O)NC(C)c1ccc(S(C)(=O)=O)cc1. The van der Waals surface area contributed by atoms with Crippen LogP contribution in [-0.4, -0.2) is 34.2 Å². The van der Waals surface area contributed by atoms with Crippen molar-refractivity contribution in [3.05, 3.63) is 29.8 Å². The van der Waals surface area contributed by atoms with Gasteiger partial charge in [-0.05, 0) is 31.7 Å². The average molecular weight is 284 g/mol. The van der Waals surface area contributed by atoms with E-state index < -0.39 is 9.84 Å². The Morgan fingerprint density at radius 3 is 2.32 bits per heavy atom. The monoisotopic (exact) mass is 284 g/mol. The smallest absolute Gasteiger partial charge is 0.221 e. The van der Waals surface area contributed by atoms with E-state index in [1.54, 1.807) is 31.3 Å². The summed E-state index contributed by atoms with van der Waals surface area (Å²) in [7, 11) is -1.38. The van der Waals surface area contributed by atoms with Crippen molar-refractivity contribution in [3.63, 3.8) is 0 Å². The van der Waals surface area contributed by atoms with Crippen molar-refractivity contribution in [1.29, 1.82) is 0 Å². The molecule has 0 spiro atoms. The maximum absolute atomic E-state index is 11.6. The molecule has 0 saturated carbocycles. The molecular weight excluding hydrogens is 264 g/mol. The lowest BCUT2D eigenvalue weighted by atomic mass is 10.1. The second kappa shape index (κ2) is 6.68. The molecule has 1 atom stereocenters. The number of rotatable bonds is 6. The largest absolute Gasteiger partial charge is 0.350 e. The minimum absolute atomic E-state index is 0.0333. The maximum Gasteiger partial charge on any atom is 0.221 e. The number of sulfone groups is 1. The Balaban J connectivity index is 2.68. The fraction of sp³-hybridized carbons (Fsp3) is 0.462. The standard InChI is InChI=1S/C13H20N2O3S/c1-10(15-13(16)8-9-14-2)11-4-6-12(7-5-11)19(3,17)18/h4-7,10,14H,8-9H2,1-3H3,(H,15,16). The first-order chi connectivity index (χ1) is 8.84. The first-order valence-electron chi connectivity index (χ1n) is 6.08. The Bertz CT molecular complexity index is 523. The molecule has 0 bridgehead atoms. The Morgan fingerprint density at radius 2 is 1.84 bits per heavy atom. The van der Waals surface area contributed by atoms with Gasteiger partial charge in [-0.15, -0.1) is 0 Å². The lowest BCUT2D eigenvalue weighted by Crippen LogP contribution is -2.29. The van der Waals surface area contributed by atoms with Crippen LogP contribution < -0.4 is 10.6 Å². The molecule has 0 fully saturated rings. The molecule has 106 valence electrons. The molecule has 1 rings (SSSR count). The highest BCUT2D eigenvalue weighted by molar-refractivity contribution is 7.90. The quantitative estimate of drug-likeness (QED) is 0.813. The van der Waals surface area contributed by atoms with Gasteiger partial charge in [-0.25, -0.2) is 8.42 Å². The zero-order chi connectivity index (χ0) is 14.5. The number of carbonyl (C=O) groups excluding carboxylic acids is 1. The third-order valence-corrected chi connectivity index (χ3v) is 3.92. The van der Waals surface area contributed by atoms with Crippen LogP contribution in [0.1, 0.15) is 24.9 Å². The molecule has 0 aromatic heterocycles. The van der Waals surface area contributed by atoms with E-state index >= 15 is 0 Å². The van der Waals surface area contributed by atoms with Gasteiger partial charge in [0, 0.05) is 19.2 Å². The molecule has 1 amide bonds. The molecule has 0 aliphatic rings. The van der Waals surface area contributed by atoms with Gasteiger partial charge < -0.3 is 10.6 Å². The van der Waals surface area contributed by atoms with Gasteiger partial charge in [0.05, 0.1) is 10.9 Å². The van der Waals surface area contributed by atoms with Gasteiger partial charge in [-0.3, -0.25) is 4.79 Å². The van der Waals surface area contributed by atoms with Crippen molar-refractivity contribution >= 4 is 15.7 Å². The van der Waals surface area contributed by atoms with Crippen molar-refractivity contribution in [2.45, 2.75) is 24.3 Å². The maximum atomic E-state index is 11.6. The van der Waals surface area contributed by atoms with Gasteiger partial charge in [0.15, 0.2) is 9.84 Å². The van der Waals surface area contributed by atoms with Crippen LogP contribution in [0, 0.1) is 0 Å². The second-order valence-corrected chi connectivity index (χ2v) is 6.50. The van der Waals surface area contributed by atoms with Crippen molar-refractivity contribution < 1.29 is 13.2 Å². The van der Waals surface area contributed by atoms with E-state index in [0.717, 1.165) is 5.56 Å². The summed E-state index contributed by atoms with van der Waals surface area (Å²) >= 11 is 0. The van der Waals surface area contributed by atoms with Gasteiger partial charge in [0.2, 0.25) is 5.91 Å². The number of hydrogen-bond acceptors (Lipinski definition) is 4. The molecule has 1 unspecified atom stereocenters. The number of nitrogens with one attached hydrogen (secondary N) is 2. The molecule has 0 aliphatic carbocycles. The summed E-state index contributed by atoms with van der Waals surface area (Å²) in [6.45, 7) is 2.50. The van der Waals surface area contributed by atoms with Crippen molar-refractivity contribution in [2.24, 2.45) is 0 Å². The molecule has 19 heavy (non-hydrogen) atoms. The summed E-state index contributed by atoms with van der Waals surface area (Å²) in [5, 5.41) is 5.77. The van der Waals surface area contributed by atoms with E-state index in [4.69, 9.17) is 0 Å². The highest BCUT2D eigenvalue weighted by Gasteiger charge is 2.11. The van der Waals surface area contributed by atoms with Crippen LogP contribution in [0.5, 0.6) is 0 Å². The molecule has 1 aromatic carbocycles. The molecule has 0 aliphatic heterocycles. The van der Waals surface area contributed by atoms with Crippen molar-refractivity contribution in [2.75, 3.05) is 19.8 Å². The molecule has 5 nitrogen and oxygen atoms in total. The van der Waals surface area contributed by atoms with Gasteiger partial charge in [0.25, 0.3) is 0 Å². The fourth-order valence-electron chi connectivity index (χ4n) is 1.64. The average Bonchev–Trinajstić information content (AvgIpc) is 2.35. The van der Waals surface area contributed by atoms with Gasteiger partial charge in [-0.1, -0.05) is 12.1 Å². The van der Waals surface area contributed by atoms with E-state index in [-0.39, 0.29) is 16.8 Å². The molecule has 0 heterocycles. The first-order valence-corrected chi connectivity index (χ1v) is 7.97. The Morgan fingerprint density at radius 1 is 1.26 bits per heavy atom. The van der Waals surface area contributed by atoms with E-state index in [0.29, 0.717) is 13.0 Å². The molecule has 0 radical (unpaired) electrons. The third-order valence-electron chi connectivity index (χ3n) is 2.79. The van der Waals surface area contributed by atoms with Gasteiger partial charge in [0.1, 0.15) is 0 Å². The second-order valence-electron chi connectivity index (χ2n) is 4.48. The summed E-state index contributed by atoms with van der Waals surface area (Å²) in [4.78, 5) is 11.8. The van der Waals surface area contributed by atoms with Crippen LogP contribution in [-0.2, 0) is 14.6 Å². The van der Waals surface area contributed by atoms with E-state index in [9.17, 15) is 13.2 Å². The molecule has 2 N–H and O–H groups in total. The zero-order valence-electron chi connectivity index (χ0n) is 11.4. The van der Waals surface area contributed by atoms with E-state index in [2.05, 4.69) is 10.6 Å². The topological polar surface area (TPSA) is 75.3 Å².